The first-order valence-electron chi connectivity index (χ1n) is 12.6. The quantitative estimate of drug-likeness (QED) is 0.522. The Morgan fingerprint density at radius 3 is 2.09 bits per heavy atom. The van der Waals surface area contributed by atoms with E-state index in [2.05, 4.69) is 34.9 Å². The lowest BCUT2D eigenvalue weighted by Crippen LogP contribution is -2.54. The summed E-state index contributed by atoms with van der Waals surface area (Å²) in [5.41, 5.74) is 3.67. The van der Waals surface area contributed by atoms with E-state index in [0.717, 1.165) is 54.4 Å². The number of hydrogen-bond acceptors (Lipinski definition) is 4. The van der Waals surface area contributed by atoms with Crippen LogP contribution in [0.3, 0.4) is 0 Å². The molecule has 0 saturated heterocycles. The van der Waals surface area contributed by atoms with Gasteiger partial charge in [-0.1, -0.05) is 67.8 Å². The van der Waals surface area contributed by atoms with Gasteiger partial charge >= 0.3 is 12.1 Å². The van der Waals surface area contributed by atoms with E-state index in [1.54, 1.807) is 0 Å². The van der Waals surface area contributed by atoms with Crippen molar-refractivity contribution in [3.8, 4) is 11.1 Å². The van der Waals surface area contributed by atoms with Crippen molar-refractivity contribution in [3.05, 3.63) is 59.7 Å². The van der Waals surface area contributed by atoms with Crippen LogP contribution in [0.4, 0.5) is 4.79 Å². The van der Waals surface area contributed by atoms with E-state index in [9.17, 15) is 19.5 Å². The number of carbonyl (C=O) groups excluding carboxylic acids is 2. The summed E-state index contributed by atoms with van der Waals surface area (Å²) in [4.78, 5) is 37.7. The number of nitrogens with one attached hydrogen (secondary N) is 2. The first kappa shape index (κ1) is 23.4. The Bertz CT molecular complexity index is 1070. The van der Waals surface area contributed by atoms with Crippen LogP contribution in [0.5, 0.6) is 0 Å². The smallest absolute Gasteiger partial charge is 0.407 e. The van der Waals surface area contributed by atoms with Crippen molar-refractivity contribution in [2.24, 2.45) is 11.3 Å². The third-order valence-corrected chi connectivity index (χ3v) is 8.14. The van der Waals surface area contributed by atoms with Crippen molar-refractivity contribution in [1.82, 2.24) is 10.6 Å². The van der Waals surface area contributed by atoms with Gasteiger partial charge in [0, 0.05) is 12.5 Å². The molecule has 2 amide bonds. The minimum Gasteiger partial charge on any atom is -0.481 e. The van der Waals surface area contributed by atoms with E-state index in [4.69, 9.17) is 4.74 Å². The van der Waals surface area contributed by atoms with Gasteiger partial charge in [0.2, 0.25) is 5.91 Å². The molecule has 2 aromatic carbocycles. The van der Waals surface area contributed by atoms with Crippen molar-refractivity contribution in [2.75, 3.05) is 13.2 Å². The SMILES string of the molecule is O=C(NC(C(=O)NCC1(C(=O)O)CCCC1)C1CCC1)OCC1c2ccccc2-c2ccccc21. The molecule has 0 aliphatic heterocycles. The molecule has 2 fully saturated rings. The van der Waals surface area contributed by atoms with Crippen molar-refractivity contribution in [3.63, 3.8) is 0 Å². The summed E-state index contributed by atoms with van der Waals surface area (Å²) < 4.78 is 5.65. The Morgan fingerprint density at radius 1 is 0.943 bits per heavy atom. The summed E-state index contributed by atoms with van der Waals surface area (Å²) in [5.74, 6) is -1.20. The fraction of sp³-hybridized carbons (Fsp3) is 0.464. The molecular weight excluding hydrogens is 444 g/mol. The van der Waals surface area contributed by atoms with Crippen LogP contribution in [-0.4, -0.2) is 42.3 Å². The number of ether oxygens (including phenoxy) is 1. The molecule has 5 rings (SSSR count). The van der Waals surface area contributed by atoms with Crippen LogP contribution in [0.1, 0.15) is 62.0 Å². The van der Waals surface area contributed by atoms with E-state index in [1.165, 1.54) is 0 Å². The first-order chi connectivity index (χ1) is 17.0. The van der Waals surface area contributed by atoms with Gasteiger partial charge in [0.05, 0.1) is 5.41 Å². The maximum absolute atomic E-state index is 13.0. The highest BCUT2D eigenvalue weighted by atomic mass is 16.5. The largest absolute Gasteiger partial charge is 0.481 e. The van der Waals surface area contributed by atoms with E-state index in [0.29, 0.717) is 12.8 Å². The summed E-state index contributed by atoms with van der Waals surface area (Å²) in [6, 6.07) is 15.6. The van der Waals surface area contributed by atoms with Crippen LogP contribution >= 0.6 is 0 Å². The van der Waals surface area contributed by atoms with E-state index in [-0.39, 0.29) is 30.9 Å². The number of hydrogen-bond donors (Lipinski definition) is 3. The highest BCUT2D eigenvalue weighted by Crippen LogP contribution is 2.44. The maximum Gasteiger partial charge on any atom is 0.407 e. The van der Waals surface area contributed by atoms with Crippen LogP contribution in [0.2, 0.25) is 0 Å². The number of alkyl carbamates (subject to hydrolysis) is 1. The second-order valence-electron chi connectivity index (χ2n) is 10.1. The summed E-state index contributed by atoms with van der Waals surface area (Å²) in [5, 5.41) is 15.3. The fourth-order valence-corrected chi connectivity index (χ4v) is 5.82. The Kier molecular flexibility index (Phi) is 6.50. The van der Waals surface area contributed by atoms with Crippen LogP contribution in [0, 0.1) is 11.3 Å². The van der Waals surface area contributed by atoms with E-state index in [1.807, 2.05) is 24.3 Å². The molecule has 2 aromatic rings. The van der Waals surface area contributed by atoms with Gasteiger partial charge in [-0.05, 0) is 53.9 Å². The Labute approximate surface area is 205 Å². The number of rotatable bonds is 8. The molecule has 35 heavy (non-hydrogen) atoms. The molecule has 3 N–H and O–H groups in total. The van der Waals surface area contributed by atoms with Crippen molar-refractivity contribution in [2.45, 2.75) is 56.9 Å². The number of amides is 2. The number of carboxylic acid groups (broad SMARTS) is 1. The zero-order chi connectivity index (χ0) is 24.4. The number of carboxylic acids is 1. The van der Waals surface area contributed by atoms with Gasteiger partial charge in [-0.25, -0.2) is 4.79 Å². The summed E-state index contributed by atoms with van der Waals surface area (Å²) in [6.45, 7) is 0.276. The van der Waals surface area contributed by atoms with Gasteiger partial charge in [0.15, 0.2) is 0 Å². The van der Waals surface area contributed by atoms with E-state index >= 15 is 0 Å². The molecule has 3 aliphatic carbocycles. The monoisotopic (exact) mass is 476 g/mol. The van der Waals surface area contributed by atoms with Crippen molar-refractivity contribution >= 4 is 18.0 Å². The molecule has 184 valence electrons. The summed E-state index contributed by atoms with van der Waals surface area (Å²) in [6.07, 6.45) is 4.94. The Hall–Kier alpha value is -3.35. The van der Waals surface area contributed by atoms with Gasteiger partial charge in [-0.15, -0.1) is 0 Å². The van der Waals surface area contributed by atoms with Crippen molar-refractivity contribution < 1.29 is 24.2 Å². The molecule has 0 radical (unpaired) electrons. The zero-order valence-corrected chi connectivity index (χ0v) is 19.8. The normalized spacial score (nSPS) is 19.2. The second kappa shape index (κ2) is 9.72. The number of benzene rings is 2. The molecule has 7 heteroatoms. The minimum atomic E-state index is -0.899. The predicted octanol–water partition coefficient (Wildman–Crippen LogP) is 4.46. The molecule has 2 saturated carbocycles. The van der Waals surface area contributed by atoms with Gasteiger partial charge in [-0.3, -0.25) is 9.59 Å². The van der Waals surface area contributed by atoms with Crippen molar-refractivity contribution in [1.29, 1.82) is 0 Å². The van der Waals surface area contributed by atoms with Gasteiger partial charge in [0.1, 0.15) is 12.6 Å². The molecule has 1 unspecified atom stereocenters. The molecule has 1 atom stereocenters. The topological polar surface area (TPSA) is 105 Å². The average molecular weight is 477 g/mol. The third-order valence-electron chi connectivity index (χ3n) is 8.14. The molecule has 0 bridgehead atoms. The third kappa shape index (κ3) is 4.51. The minimum absolute atomic E-state index is 0.0415. The summed E-state index contributed by atoms with van der Waals surface area (Å²) in [7, 11) is 0. The lowest BCUT2D eigenvalue weighted by Gasteiger charge is -2.34. The van der Waals surface area contributed by atoms with E-state index < -0.39 is 23.5 Å². The Morgan fingerprint density at radius 2 is 1.54 bits per heavy atom. The lowest BCUT2D eigenvalue weighted by atomic mass is 9.79. The van der Waals surface area contributed by atoms with Gasteiger partial charge in [-0.2, -0.15) is 0 Å². The highest BCUT2D eigenvalue weighted by Gasteiger charge is 2.43. The first-order valence-corrected chi connectivity index (χ1v) is 12.6. The number of aliphatic carboxylic acids is 1. The Balaban J connectivity index is 1.22. The molecule has 0 aromatic heterocycles. The number of carbonyl (C=O) groups is 3. The van der Waals surface area contributed by atoms with Gasteiger partial charge in [0.25, 0.3) is 0 Å². The highest BCUT2D eigenvalue weighted by molar-refractivity contribution is 5.87. The standard InChI is InChI=1S/C28H32N2O5/c31-25(29-17-28(26(32)33)14-5-6-15-28)24(18-8-7-9-18)30-27(34)35-16-23-21-12-3-1-10-19(21)20-11-2-4-13-22(20)23/h1-4,10-13,18,23-24H,5-9,14-17H2,(H,29,31)(H,30,34)(H,32,33). The van der Waals surface area contributed by atoms with Crippen LogP contribution < -0.4 is 10.6 Å². The molecule has 0 spiro atoms. The predicted molar refractivity (Wildman–Crippen MR) is 131 cm³/mol. The average Bonchev–Trinajstić information content (AvgIpc) is 3.44. The zero-order valence-electron chi connectivity index (χ0n) is 19.8. The number of fused-ring (bicyclic) bond motifs is 3. The molecule has 3 aliphatic rings. The lowest BCUT2D eigenvalue weighted by molar-refractivity contribution is -0.148. The van der Waals surface area contributed by atoms with Crippen LogP contribution in [0.25, 0.3) is 11.1 Å². The molecule has 0 heterocycles. The maximum atomic E-state index is 13.0. The molecular formula is C28H32N2O5. The van der Waals surface area contributed by atoms with Gasteiger partial charge < -0.3 is 20.5 Å². The summed E-state index contributed by atoms with van der Waals surface area (Å²) >= 11 is 0. The second-order valence-corrected chi connectivity index (χ2v) is 10.1. The van der Waals surface area contributed by atoms with Crippen LogP contribution in [0.15, 0.2) is 48.5 Å². The van der Waals surface area contributed by atoms with Crippen LogP contribution in [-0.2, 0) is 14.3 Å². The molecule has 7 nitrogen and oxygen atoms in total. The fourth-order valence-electron chi connectivity index (χ4n) is 5.82.